The molecule has 1 unspecified atom stereocenters. The molecule has 1 saturated heterocycles. The van der Waals surface area contributed by atoms with Crippen LogP contribution in [0.15, 0.2) is 0 Å². The van der Waals surface area contributed by atoms with Crippen molar-refractivity contribution >= 4 is 0 Å². The van der Waals surface area contributed by atoms with Gasteiger partial charge >= 0.3 is 0 Å². The number of rotatable bonds is 6. The maximum Gasteiger partial charge on any atom is 0.0558 e. The van der Waals surface area contributed by atoms with E-state index in [0.717, 1.165) is 19.0 Å². The molecule has 0 aromatic rings. The number of aliphatic hydroxyl groups is 1. The summed E-state index contributed by atoms with van der Waals surface area (Å²) in [4.78, 5) is 2.49. The first-order chi connectivity index (χ1) is 8.38. The Kier molecular flexibility index (Phi) is 5.75. The lowest BCUT2D eigenvalue weighted by atomic mass is 9.89. The second kappa shape index (κ2) is 7.34. The summed E-state index contributed by atoms with van der Waals surface area (Å²) in [6.45, 7) is 4.69. The van der Waals surface area contributed by atoms with Gasteiger partial charge in [0, 0.05) is 25.7 Å². The van der Waals surface area contributed by atoms with Gasteiger partial charge in [-0.3, -0.25) is 4.90 Å². The van der Waals surface area contributed by atoms with E-state index in [-0.39, 0.29) is 0 Å². The van der Waals surface area contributed by atoms with E-state index in [1.807, 2.05) is 0 Å². The molecule has 1 aliphatic carbocycles. The Balaban J connectivity index is 1.74. The number of hydrogen-bond donors (Lipinski definition) is 2. The first-order valence-electron chi connectivity index (χ1n) is 7.45. The molecule has 0 aromatic heterocycles. The third-order valence-corrected chi connectivity index (χ3v) is 4.30. The van der Waals surface area contributed by atoms with Crippen LogP contribution in [-0.4, -0.2) is 48.8 Å². The van der Waals surface area contributed by atoms with Crippen molar-refractivity contribution in [3.05, 3.63) is 0 Å². The van der Waals surface area contributed by atoms with Gasteiger partial charge < -0.3 is 10.4 Å². The minimum Gasteiger partial charge on any atom is -0.395 e. The first kappa shape index (κ1) is 13.3. The van der Waals surface area contributed by atoms with E-state index in [1.165, 1.54) is 58.0 Å². The van der Waals surface area contributed by atoms with Crippen molar-refractivity contribution < 1.29 is 5.11 Å². The number of nitrogens with one attached hydrogen (secondary N) is 1. The molecule has 2 fully saturated rings. The minimum absolute atomic E-state index is 0.305. The van der Waals surface area contributed by atoms with Gasteiger partial charge in [0.25, 0.3) is 0 Å². The molecule has 3 heteroatoms. The monoisotopic (exact) mass is 240 g/mol. The zero-order chi connectivity index (χ0) is 11.9. The lowest BCUT2D eigenvalue weighted by Gasteiger charge is -2.31. The zero-order valence-corrected chi connectivity index (χ0v) is 11.0. The second-order valence-corrected chi connectivity index (χ2v) is 5.78. The van der Waals surface area contributed by atoms with E-state index >= 15 is 0 Å². The van der Waals surface area contributed by atoms with Gasteiger partial charge in [0.2, 0.25) is 0 Å². The maximum absolute atomic E-state index is 9.18. The molecule has 0 amide bonds. The lowest BCUT2D eigenvalue weighted by molar-refractivity contribution is 0.151. The fourth-order valence-electron chi connectivity index (χ4n) is 3.36. The largest absolute Gasteiger partial charge is 0.395 e. The van der Waals surface area contributed by atoms with Crippen molar-refractivity contribution in [3.63, 3.8) is 0 Å². The molecular weight excluding hydrogens is 212 g/mol. The molecule has 100 valence electrons. The summed E-state index contributed by atoms with van der Waals surface area (Å²) in [7, 11) is 0. The highest BCUT2D eigenvalue weighted by Gasteiger charge is 2.21. The van der Waals surface area contributed by atoms with E-state index < -0.39 is 0 Å². The van der Waals surface area contributed by atoms with Gasteiger partial charge in [-0.15, -0.1) is 0 Å². The molecule has 3 nitrogen and oxygen atoms in total. The summed E-state index contributed by atoms with van der Waals surface area (Å²) in [5, 5.41) is 12.7. The van der Waals surface area contributed by atoms with Gasteiger partial charge in [0.05, 0.1) is 6.61 Å². The highest BCUT2D eigenvalue weighted by molar-refractivity contribution is 4.79. The molecule has 17 heavy (non-hydrogen) atoms. The van der Waals surface area contributed by atoms with Gasteiger partial charge in [0.1, 0.15) is 0 Å². The van der Waals surface area contributed by atoms with Crippen molar-refractivity contribution in [1.82, 2.24) is 10.2 Å². The normalized spacial score (nSPS) is 26.8. The Morgan fingerprint density at radius 2 is 1.82 bits per heavy atom. The van der Waals surface area contributed by atoms with Crippen molar-refractivity contribution in [2.24, 2.45) is 5.92 Å². The Hall–Kier alpha value is -0.120. The SMILES string of the molecule is OCCN(CC1CCCCC1)CC1CCCN1. The fourth-order valence-corrected chi connectivity index (χ4v) is 3.36. The van der Waals surface area contributed by atoms with Crippen LogP contribution in [0.2, 0.25) is 0 Å². The summed E-state index contributed by atoms with van der Waals surface area (Å²) < 4.78 is 0. The third kappa shape index (κ3) is 4.57. The number of hydrogen-bond acceptors (Lipinski definition) is 3. The topological polar surface area (TPSA) is 35.5 Å². The van der Waals surface area contributed by atoms with Crippen LogP contribution < -0.4 is 5.32 Å². The molecule has 0 bridgehead atoms. The van der Waals surface area contributed by atoms with E-state index in [1.54, 1.807) is 0 Å². The average Bonchev–Trinajstić information content (AvgIpc) is 2.83. The highest BCUT2D eigenvalue weighted by Crippen LogP contribution is 2.24. The van der Waals surface area contributed by atoms with E-state index in [9.17, 15) is 5.11 Å². The van der Waals surface area contributed by atoms with Gasteiger partial charge in [-0.1, -0.05) is 19.3 Å². The maximum atomic E-state index is 9.18. The first-order valence-corrected chi connectivity index (χ1v) is 7.45. The molecule has 0 aromatic carbocycles. The van der Waals surface area contributed by atoms with Crippen molar-refractivity contribution in [2.75, 3.05) is 32.8 Å². The van der Waals surface area contributed by atoms with Crippen molar-refractivity contribution in [1.29, 1.82) is 0 Å². The van der Waals surface area contributed by atoms with Gasteiger partial charge in [-0.2, -0.15) is 0 Å². The highest BCUT2D eigenvalue weighted by atomic mass is 16.3. The molecule has 1 atom stereocenters. The van der Waals surface area contributed by atoms with E-state index in [2.05, 4.69) is 10.2 Å². The van der Waals surface area contributed by atoms with Gasteiger partial charge in [-0.05, 0) is 38.1 Å². The fraction of sp³-hybridized carbons (Fsp3) is 1.00. The smallest absolute Gasteiger partial charge is 0.0558 e. The third-order valence-electron chi connectivity index (χ3n) is 4.30. The van der Waals surface area contributed by atoms with Crippen LogP contribution in [0.4, 0.5) is 0 Å². The predicted octanol–water partition coefficient (Wildman–Crippen LogP) is 1.61. The van der Waals surface area contributed by atoms with Gasteiger partial charge in [0.15, 0.2) is 0 Å². The van der Waals surface area contributed by atoms with E-state index in [4.69, 9.17) is 0 Å². The Morgan fingerprint density at radius 3 is 2.47 bits per heavy atom. The van der Waals surface area contributed by atoms with Crippen LogP contribution in [0.5, 0.6) is 0 Å². The summed E-state index contributed by atoms with van der Waals surface area (Å²) >= 11 is 0. The molecule has 2 aliphatic rings. The standard InChI is InChI=1S/C14H28N2O/c17-10-9-16(12-14-7-4-8-15-14)11-13-5-2-1-3-6-13/h13-15,17H,1-12H2. The Bertz CT molecular complexity index is 198. The van der Waals surface area contributed by atoms with Crippen LogP contribution in [0, 0.1) is 5.92 Å². The predicted molar refractivity (Wildman–Crippen MR) is 71.1 cm³/mol. The molecule has 0 spiro atoms. The summed E-state index contributed by atoms with van der Waals surface area (Å²) in [6, 6.07) is 0.671. The zero-order valence-electron chi connectivity index (χ0n) is 11.0. The molecule has 1 saturated carbocycles. The summed E-state index contributed by atoms with van der Waals surface area (Å²) in [5.74, 6) is 0.886. The molecule has 2 N–H and O–H groups in total. The molecule has 0 radical (unpaired) electrons. The second-order valence-electron chi connectivity index (χ2n) is 5.78. The summed E-state index contributed by atoms with van der Waals surface area (Å²) in [5.41, 5.74) is 0. The van der Waals surface area contributed by atoms with Crippen LogP contribution in [0.25, 0.3) is 0 Å². The van der Waals surface area contributed by atoms with Crippen LogP contribution in [0.1, 0.15) is 44.9 Å². The Morgan fingerprint density at radius 1 is 1.00 bits per heavy atom. The van der Waals surface area contributed by atoms with Crippen LogP contribution in [0.3, 0.4) is 0 Å². The Labute approximate surface area is 106 Å². The average molecular weight is 240 g/mol. The van der Waals surface area contributed by atoms with Crippen molar-refractivity contribution in [3.8, 4) is 0 Å². The lowest BCUT2D eigenvalue weighted by Crippen LogP contribution is -2.41. The summed E-state index contributed by atoms with van der Waals surface area (Å²) in [6.07, 6.45) is 9.70. The molecule has 1 aliphatic heterocycles. The number of aliphatic hydroxyl groups excluding tert-OH is 1. The molecule has 1 heterocycles. The van der Waals surface area contributed by atoms with Gasteiger partial charge in [-0.25, -0.2) is 0 Å². The molecule has 2 rings (SSSR count). The van der Waals surface area contributed by atoms with Crippen molar-refractivity contribution in [2.45, 2.75) is 51.0 Å². The van der Waals surface area contributed by atoms with E-state index in [0.29, 0.717) is 12.6 Å². The quantitative estimate of drug-likeness (QED) is 0.740. The molecular formula is C14H28N2O. The van der Waals surface area contributed by atoms with Crippen LogP contribution in [-0.2, 0) is 0 Å². The van der Waals surface area contributed by atoms with Crippen LogP contribution >= 0.6 is 0 Å². The minimum atomic E-state index is 0.305. The number of nitrogens with zero attached hydrogens (tertiary/aromatic N) is 1.